The molecular formula is C17H21N3O3S2. The molecule has 3 atom stereocenters. The van der Waals surface area contributed by atoms with E-state index in [-0.39, 0.29) is 11.8 Å². The SMILES string of the molecule is CS[C@]1(Cc2c[nH]c3ccccc23)NC(=O)[C@@](SC)(C(C)O)NC1=O. The summed E-state index contributed by atoms with van der Waals surface area (Å²) < 4.78 is 0. The highest BCUT2D eigenvalue weighted by Crippen LogP contribution is 2.36. The molecule has 25 heavy (non-hydrogen) atoms. The Hall–Kier alpha value is -1.64. The quantitative estimate of drug-likeness (QED) is 0.631. The van der Waals surface area contributed by atoms with Crippen molar-refractivity contribution in [2.45, 2.75) is 29.2 Å². The van der Waals surface area contributed by atoms with Gasteiger partial charge in [0.15, 0.2) is 9.74 Å². The minimum atomic E-state index is -1.36. The van der Waals surface area contributed by atoms with Crippen molar-refractivity contribution in [3.63, 3.8) is 0 Å². The molecule has 2 heterocycles. The van der Waals surface area contributed by atoms with Crippen molar-refractivity contribution < 1.29 is 14.7 Å². The fraction of sp³-hybridized carbons (Fsp3) is 0.412. The first-order chi connectivity index (χ1) is 11.9. The summed E-state index contributed by atoms with van der Waals surface area (Å²) in [6.45, 7) is 1.50. The van der Waals surface area contributed by atoms with Gasteiger partial charge in [-0.05, 0) is 31.1 Å². The second-order valence-electron chi connectivity index (χ2n) is 6.09. The minimum Gasteiger partial charge on any atom is -0.389 e. The van der Waals surface area contributed by atoms with Gasteiger partial charge < -0.3 is 20.7 Å². The van der Waals surface area contributed by atoms with Gasteiger partial charge in [0.05, 0.1) is 6.10 Å². The number of benzene rings is 1. The van der Waals surface area contributed by atoms with Gasteiger partial charge in [0.1, 0.15) is 0 Å². The number of carbonyl (C=O) groups excluding carboxylic acids is 2. The number of aromatic nitrogens is 1. The molecule has 0 aliphatic carbocycles. The number of para-hydroxylation sites is 1. The number of rotatable bonds is 5. The first kappa shape index (κ1) is 18.2. The Morgan fingerprint density at radius 1 is 1.12 bits per heavy atom. The van der Waals surface area contributed by atoms with Crippen molar-refractivity contribution in [1.82, 2.24) is 15.6 Å². The second-order valence-corrected chi connectivity index (χ2v) is 8.25. The number of nitrogens with one attached hydrogen (secondary N) is 3. The molecule has 2 amide bonds. The molecule has 6 nitrogen and oxygen atoms in total. The van der Waals surface area contributed by atoms with Crippen LogP contribution in [0.2, 0.25) is 0 Å². The summed E-state index contributed by atoms with van der Waals surface area (Å²) in [6.07, 6.45) is 4.69. The molecule has 4 N–H and O–H groups in total. The Morgan fingerprint density at radius 2 is 1.84 bits per heavy atom. The van der Waals surface area contributed by atoms with E-state index < -0.39 is 15.8 Å². The summed E-state index contributed by atoms with van der Waals surface area (Å²) in [5.74, 6) is -0.691. The zero-order chi connectivity index (χ0) is 18.2. The maximum Gasteiger partial charge on any atom is 0.260 e. The number of fused-ring (bicyclic) bond motifs is 1. The number of aliphatic hydroxyl groups is 1. The number of H-pyrrole nitrogens is 1. The Balaban J connectivity index is 1.96. The highest BCUT2D eigenvalue weighted by Gasteiger charge is 2.55. The minimum absolute atomic E-state index is 0.305. The largest absolute Gasteiger partial charge is 0.389 e. The molecule has 134 valence electrons. The molecule has 1 aliphatic heterocycles. The van der Waals surface area contributed by atoms with E-state index in [1.54, 1.807) is 12.5 Å². The average molecular weight is 380 g/mol. The van der Waals surface area contributed by atoms with E-state index >= 15 is 0 Å². The third-order valence-electron chi connectivity index (χ3n) is 4.69. The van der Waals surface area contributed by atoms with Gasteiger partial charge in [-0.15, -0.1) is 23.5 Å². The van der Waals surface area contributed by atoms with E-state index in [0.29, 0.717) is 6.42 Å². The van der Waals surface area contributed by atoms with Crippen LogP contribution in [0.3, 0.4) is 0 Å². The van der Waals surface area contributed by atoms with Gasteiger partial charge in [0.25, 0.3) is 11.8 Å². The summed E-state index contributed by atoms with van der Waals surface area (Å²) in [6, 6.07) is 7.84. The zero-order valence-electron chi connectivity index (χ0n) is 14.3. The van der Waals surface area contributed by atoms with Crippen LogP contribution in [0.1, 0.15) is 12.5 Å². The molecule has 0 spiro atoms. The standard InChI is InChI=1S/C17H21N3O3S2/c1-10(21)17(25-3)15(23)19-16(24-2,14(22)20-17)8-11-9-18-13-7-5-4-6-12(11)13/h4-7,9-10,18,21H,8H2,1-3H3,(H,19,23)(H,20,22)/t10?,16-,17-/m0/s1. The van der Waals surface area contributed by atoms with Gasteiger partial charge in [0.2, 0.25) is 0 Å². The Bertz CT molecular complexity index is 822. The van der Waals surface area contributed by atoms with Gasteiger partial charge >= 0.3 is 0 Å². The number of piperazine rings is 1. The number of carbonyl (C=O) groups is 2. The second kappa shape index (κ2) is 6.59. The van der Waals surface area contributed by atoms with Crippen LogP contribution < -0.4 is 10.6 Å². The number of aromatic amines is 1. The molecule has 1 saturated heterocycles. The molecule has 0 radical (unpaired) electrons. The van der Waals surface area contributed by atoms with Crippen molar-refractivity contribution >= 4 is 46.2 Å². The van der Waals surface area contributed by atoms with Crippen molar-refractivity contribution in [2.24, 2.45) is 0 Å². The number of amides is 2. The molecule has 1 aliphatic rings. The molecular weight excluding hydrogens is 358 g/mol. The van der Waals surface area contributed by atoms with Crippen molar-refractivity contribution in [2.75, 3.05) is 12.5 Å². The first-order valence-electron chi connectivity index (χ1n) is 7.87. The lowest BCUT2D eigenvalue weighted by atomic mass is 9.98. The van der Waals surface area contributed by atoms with Crippen molar-refractivity contribution in [3.05, 3.63) is 36.0 Å². The topological polar surface area (TPSA) is 94.2 Å². The van der Waals surface area contributed by atoms with Crippen LogP contribution in [-0.2, 0) is 16.0 Å². The van der Waals surface area contributed by atoms with E-state index in [0.717, 1.165) is 28.2 Å². The highest BCUT2D eigenvalue weighted by molar-refractivity contribution is 8.01. The van der Waals surface area contributed by atoms with Crippen LogP contribution in [0.4, 0.5) is 0 Å². The van der Waals surface area contributed by atoms with Crippen LogP contribution in [0, 0.1) is 0 Å². The number of aliphatic hydroxyl groups excluding tert-OH is 1. The normalized spacial score (nSPS) is 27.8. The molecule has 2 aromatic rings. The molecule has 0 bridgehead atoms. The summed E-state index contributed by atoms with van der Waals surface area (Å²) in [5, 5.41) is 16.7. The van der Waals surface area contributed by atoms with Gasteiger partial charge in [0, 0.05) is 23.5 Å². The van der Waals surface area contributed by atoms with Crippen LogP contribution in [0.25, 0.3) is 10.9 Å². The summed E-state index contributed by atoms with van der Waals surface area (Å²) in [5.41, 5.74) is 1.94. The third-order valence-corrected chi connectivity index (χ3v) is 7.09. The molecule has 1 fully saturated rings. The van der Waals surface area contributed by atoms with E-state index in [4.69, 9.17) is 0 Å². The van der Waals surface area contributed by atoms with Gasteiger partial charge in [-0.25, -0.2) is 0 Å². The summed E-state index contributed by atoms with van der Waals surface area (Å²) >= 11 is 2.41. The Labute approximate surface area is 154 Å². The fourth-order valence-corrected chi connectivity index (χ4v) is 4.66. The number of hydrogen-bond acceptors (Lipinski definition) is 5. The third kappa shape index (κ3) is 2.82. The predicted octanol–water partition coefficient (Wildman–Crippen LogP) is 1.46. The number of thioether (sulfide) groups is 2. The summed E-state index contributed by atoms with van der Waals surface area (Å²) in [7, 11) is 0. The highest BCUT2D eigenvalue weighted by atomic mass is 32.2. The predicted molar refractivity (Wildman–Crippen MR) is 102 cm³/mol. The first-order valence-corrected chi connectivity index (χ1v) is 10.3. The van der Waals surface area contributed by atoms with E-state index in [9.17, 15) is 14.7 Å². The Kier molecular flexibility index (Phi) is 4.78. The zero-order valence-corrected chi connectivity index (χ0v) is 15.9. The smallest absolute Gasteiger partial charge is 0.260 e. The Morgan fingerprint density at radius 3 is 2.48 bits per heavy atom. The van der Waals surface area contributed by atoms with Crippen LogP contribution >= 0.6 is 23.5 Å². The van der Waals surface area contributed by atoms with Crippen molar-refractivity contribution in [1.29, 1.82) is 0 Å². The van der Waals surface area contributed by atoms with E-state index in [1.807, 2.05) is 30.5 Å². The molecule has 1 aromatic heterocycles. The molecule has 1 unspecified atom stereocenters. The maximum absolute atomic E-state index is 13.0. The van der Waals surface area contributed by atoms with E-state index in [2.05, 4.69) is 15.6 Å². The fourth-order valence-electron chi connectivity index (χ4n) is 3.15. The molecule has 1 aromatic carbocycles. The average Bonchev–Trinajstić information content (AvgIpc) is 3.00. The molecule has 3 rings (SSSR count). The van der Waals surface area contributed by atoms with Gasteiger partial charge in [-0.1, -0.05) is 18.2 Å². The molecule has 8 heteroatoms. The van der Waals surface area contributed by atoms with Crippen LogP contribution in [-0.4, -0.2) is 50.3 Å². The van der Waals surface area contributed by atoms with Crippen LogP contribution in [0.5, 0.6) is 0 Å². The lowest BCUT2D eigenvalue weighted by Gasteiger charge is -2.45. The lowest BCUT2D eigenvalue weighted by Crippen LogP contribution is -2.76. The molecule has 0 saturated carbocycles. The number of hydrogen-bond donors (Lipinski definition) is 4. The lowest BCUT2D eigenvalue weighted by molar-refractivity contribution is -0.142. The van der Waals surface area contributed by atoms with Crippen LogP contribution in [0.15, 0.2) is 30.5 Å². The van der Waals surface area contributed by atoms with Gasteiger partial charge in [-0.2, -0.15) is 0 Å². The van der Waals surface area contributed by atoms with E-state index in [1.165, 1.54) is 18.7 Å². The summed E-state index contributed by atoms with van der Waals surface area (Å²) in [4.78, 5) is 26.4. The maximum atomic E-state index is 13.0. The van der Waals surface area contributed by atoms with Crippen molar-refractivity contribution in [3.8, 4) is 0 Å². The monoisotopic (exact) mass is 379 g/mol. The van der Waals surface area contributed by atoms with Gasteiger partial charge in [-0.3, -0.25) is 9.59 Å².